The average Bonchev–Trinajstić information content (AvgIpc) is 2.43. The molecule has 1 aromatic carbocycles. The molecule has 1 aromatic rings. The predicted molar refractivity (Wildman–Crippen MR) is 87.8 cm³/mol. The Morgan fingerprint density at radius 1 is 1.30 bits per heavy atom. The molecule has 0 radical (unpaired) electrons. The topological polar surface area (TPSA) is 24.4 Å². The van der Waals surface area contributed by atoms with Crippen LogP contribution in [0.5, 0.6) is 0 Å². The van der Waals surface area contributed by atoms with Crippen LogP contribution in [0.15, 0.2) is 17.1 Å². The number of thioether (sulfide) groups is 1. The highest BCUT2D eigenvalue weighted by Crippen LogP contribution is 2.37. The first-order chi connectivity index (χ1) is 9.49. The van der Waals surface area contributed by atoms with Gasteiger partial charge in [-0.05, 0) is 30.4 Å². The fourth-order valence-corrected chi connectivity index (χ4v) is 3.90. The number of aliphatic imine (C=N–C) groups is 1. The summed E-state index contributed by atoms with van der Waals surface area (Å²) in [6, 6.07) is 2.48. The maximum absolute atomic E-state index is 13.1. The molecule has 0 aromatic heterocycles. The van der Waals surface area contributed by atoms with E-state index in [0.717, 1.165) is 30.3 Å². The van der Waals surface area contributed by atoms with E-state index in [1.54, 1.807) is 11.8 Å². The molecule has 1 N–H and O–H groups in total. The van der Waals surface area contributed by atoms with Crippen molar-refractivity contribution in [1.29, 1.82) is 0 Å². The van der Waals surface area contributed by atoms with Crippen LogP contribution in [0, 0.1) is 11.2 Å². The number of hydrogen-bond acceptors (Lipinski definition) is 3. The van der Waals surface area contributed by atoms with Crippen molar-refractivity contribution in [2.75, 3.05) is 17.6 Å². The summed E-state index contributed by atoms with van der Waals surface area (Å²) in [5.41, 5.74) is 0.799. The number of nitrogens with one attached hydrogen (secondary N) is 1. The molecule has 0 fully saturated rings. The third-order valence-electron chi connectivity index (χ3n) is 3.81. The van der Waals surface area contributed by atoms with Gasteiger partial charge in [0.15, 0.2) is 5.17 Å². The van der Waals surface area contributed by atoms with Gasteiger partial charge < -0.3 is 5.32 Å². The van der Waals surface area contributed by atoms with Gasteiger partial charge in [-0.2, -0.15) is 0 Å². The minimum Gasteiger partial charge on any atom is -0.333 e. The van der Waals surface area contributed by atoms with Gasteiger partial charge in [0.2, 0.25) is 0 Å². The molecule has 1 aliphatic heterocycles. The maximum atomic E-state index is 13.1. The molecule has 2 rings (SSSR count). The molecular weight excluding hydrogens is 318 g/mol. The second-order valence-electron chi connectivity index (χ2n) is 4.99. The zero-order chi connectivity index (χ0) is 14.8. The zero-order valence-corrected chi connectivity index (χ0v) is 13.8. The van der Waals surface area contributed by atoms with E-state index in [0.29, 0.717) is 5.69 Å². The lowest BCUT2D eigenvalue weighted by molar-refractivity contribution is 0.318. The van der Waals surface area contributed by atoms with Crippen LogP contribution in [-0.2, 0) is 0 Å². The van der Waals surface area contributed by atoms with Crippen molar-refractivity contribution in [2.24, 2.45) is 10.4 Å². The SMILES string of the molecule is CCC1(CC)CN=C(Nc2c(Cl)cc(F)cc2Cl)SC1. The molecule has 110 valence electrons. The van der Waals surface area contributed by atoms with Gasteiger partial charge in [0, 0.05) is 12.3 Å². The van der Waals surface area contributed by atoms with Gasteiger partial charge in [0.1, 0.15) is 5.82 Å². The van der Waals surface area contributed by atoms with Crippen LogP contribution < -0.4 is 5.32 Å². The molecule has 1 aliphatic rings. The van der Waals surface area contributed by atoms with Crippen molar-refractivity contribution < 1.29 is 4.39 Å². The summed E-state index contributed by atoms with van der Waals surface area (Å²) in [6.07, 6.45) is 2.23. The molecule has 0 amide bonds. The zero-order valence-electron chi connectivity index (χ0n) is 11.5. The summed E-state index contributed by atoms with van der Waals surface area (Å²) in [5, 5.41) is 4.43. The Morgan fingerprint density at radius 2 is 1.90 bits per heavy atom. The van der Waals surface area contributed by atoms with Crippen molar-refractivity contribution in [3.63, 3.8) is 0 Å². The maximum Gasteiger partial charge on any atom is 0.161 e. The Labute approximate surface area is 133 Å². The number of nitrogens with zero attached hydrogens (tertiary/aromatic N) is 1. The summed E-state index contributed by atoms with van der Waals surface area (Å²) in [7, 11) is 0. The molecule has 0 saturated heterocycles. The van der Waals surface area contributed by atoms with E-state index in [1.807, 2.05) is 0 Å². The van der Waals surface area contributed by atoms with Gasteiger partial charge in [0.25, 0.3) is 0 Å². The molecule has 0 spiro atoms. The van der Waals surface area contributed by atoms with Crippen LogP contribution in [0.25, 0.3) is 0 Å². The van der Waals surface area contributed by atoms with Crippen LogP contribution >= 0.6 is 35.0 Å². The van der Waals surface area contributed by atoms with E-state index in [2.05, 4.69) is 24.2 Å². The predicted octanol–water partition coefficient (Wildman–Crippen LogP) is 5.45. The molecule has 1 heterocycles. The van der Waals surface area contributed by atoms with Crippen LogP contribution in [0.2, 0.25) is 10.0 Å². The number of benzene rings is 1. The summed E-state index contributed by atoms with van der Waals surface area (Å²) < 4.78 is 13.1. The Balaban J connectivity index is 2.15. The number of amidine groups is 1. The Kier molecular flexibility index (Phi) is 5.21. The highest BCUT2D eigenvalue weighted by atomic mass is 35.5. The van der Waals surface area contributed by atoms with E-state index in [1.165, 1.54) is 12.1 Å². The van der Waals surface area contributed by atoms with E-state index in [9.17, 15) is 4.39 Å². The third kappa shape index (κ3) is 3.41. The second kappa shape index (κ2) is 6.54. The standard InChI is InChI=1S/C14H17Cl2FN2S/c1-3-14(4-2)7-18-13(20-8-14)19-12-10(15)5-9(17)6-11(12)16/h5-6H,3-4,7-8H2,1-2H3,(H,18,19). The minimum absolute atomic E-state index is 0.265. The lowest BCUT2D eigenvalue weighted by Crippen LogP contribution is -2.32. The summed E-state index contributed by atoms with van der Waals surface area (Å²) in [6.45, 7) is 5.20. The molecule has 0 bridgehead atoms. The number of anilines is 1. The monoisotopic (exact) mass is 334 g/mol. The van der Waals surface area contributed by atoms with Gasteiger partial charge in [-0.3, -0.25) is 4.99 Å². The molecule has 20 heavy (non-hydrogen) atoms. The molecular formula is C14H17Cl2FN2S. The molecule has 2 nitrogen and oxygen atoms in total. The van der Waals surface area contributed by atoms with Gasteiger partial charge in [0.05, 0.1) is 15.7 Å². The number of hydrogen-bond donors (Lipinski definition) is 1. The highest BCUT2D eigenvalue weighted by molar-refractivity contribution is 8.14. The molecule has 0 aliphatic carbocycles. The first kappa shape index (κ1) is 15.9. The van der Waals surface area contributed by atoms with Crippen molar-refractivity contribution in [3.8, 4) is 0 Å². The van der Waals surface area contributed by atoms with Crippen LogP contribution in [0.4, 0.5) is 10.1 Å². The van der Waals surface area contributed by atoms with Crippen LogP contribution in [0.3, 0.4) is 0 Å². The van der Waals surface area contributed by atoms with Gasteiger partial charge in [-0.25, -0.2) is 4.39 Å². The first-order valence-corrected chi connectivity index (χ1v) is 8.32. The van der Waals surface area contributed by atoms with E-state index in [4.69, 9.17) is 23.2 Å². The summed E-state index contributed by atoms with van der Waals surface area (Å²) in [5.74, 6) is 0.571. The Hall–Kier alpha value is -0.450. The second-order valence-corrected chi connectivity index (χ2v) is 6.77. The van der Waals surface area contributed by atoms with Crippen molar-refractivity contribution in [1.82, 2.24) is 0 Å². The lowest BCUT2D eigenvalue weighted by atomic mass is 9.84. The van der Waals surface area contributed by atoms with Crippen LogP contribution in [0.1, 0.15) is 26.7 Å². The van der Waals surface area contributed by atoms with Gasteiger partial charge >= 0.3 is 0 Å². The fourth-order valence-electron chi connectivity index (χ4n) is 2.07. The van der Waals surface area contributed by atoms with E-state index >= 15 is 0 Å². The molecule has 0 atom stereocenters. The molecule has 0 unspecified atom stereocenters. The quantitative estimate of drug-likeness (QED) is 0.794. The van der Waals surface area contributed by atoms with Crippen LogP contribution in [-0.4, -0.2) is 17.5 Å². The fraction of sp³-hybridized carbons (Fsp3) is 0.500. The molecule has 0 saturated carbocycles. The minimum atomic E-state index is -0.445. The number of halogens is 3. The van der Waals surface area contributed by atoms with Crippen molar-refractivity contribution >= 4 is 45.8 Å². The van der Waals surface area contributed by atoms with Gasteiger partial charge in [-0.15, -0.1) is 0 Å². The van der Waals surface area contributed by atoms with Gasteiger partial charge in [-0.1, -0.05) is 48.8 Å². The van der Waals surface area contributed by atoms with Crippen molar-refractivity contribution in [3.05, 3.63) is 28.0 Å². The van der Waals surface area contributed by atoms with E-state index in [-0.39, 0.29) is 15.5 Å². The van der Waals surface area contributed by atoms with E-state index < -0.39 is 5.82 Å². The normalized spacial score (nSPS) is 17.8. The first-order valence-electron chi connectivity index (χ1n) is 6.58. The number of rotatable bonds is 3. The smallest absolute Gasteiger partial charge is 0.161 e. The average molecular weight is 335 g/mol. The highest BCUT2D eigenvalue weighted by Gasteiger charge is 2.30. The Bertz CT molecular complexity index is 507. The Morgan fingerprint density at radius 3 is 2.35 bits per heavy atom. The summed E-state index contributed by atoms with van der Waals surface area (Å²) in [4.78, 5) is 4.58. The molecule has 6 heteroatoms. The largest absolute Gasteiger partial charge is 0.333 e. The summed E-state index contributed by atoms with van der Waals surface area (Å²) >= 11 is 13.7. The lowest BCUT2D eigenvalue weighted by Gasteiger charge is -2.33. The third-order valence-corrected chi connectivity index (χ3v) is 5.67. The van der Waals surface area contributed by atoms with Crippen molar-refractivity contribution in [2.45, 2.75) is 26.7 Å².